The number of rotatable bonds is 3. The van der Waals surface area contributed by atoms with Gasteiger partial charge in [0.1, 0.15) is 4.70 Å². The lowest BCUT2D eigenvalue weighted by Crippen LogP contribution is -2.40. The molecule has 2 unspecified atom stereocenters. The number of para-hydroxylation sites is 1. The van der Waals surface area contributed by atoms with Crippen LogP contribution in [-0.4, -0.2) is 26.8 Å². The van der Waals surface area contributed by atoms with Crippen LogP contribution in [0, 0.1) is 0 Å². The zero-order valence-corrected chi connectivity index (χ0v) is 16.4. The maximum absolute atomic E-state index is 13.1. The van der Waals surface area contributed by atoms with Crippen molar-refractivity contribution in [2.75, 3.05) is 4.90 Å². The number of carbonyl (C=O) groups excluding carboxylic acids is 1. The van der Waals surface area contributed by atoms with Crippen molar-refractivity contribution in [3.63, 3.8) is 0 Å². The molecule has 0 N–H and O–H groups in total. The first-order chi connectivity index (χ1) is 12.5. The molecule has 0 bridgehead atoms. The number of fused-ring (bicyclic) bond motifs is 2. The van der Waals surface area contributed by atoms with Crippen molar-refractivity contribution in [1.82, 2.24) is 9.55 Å². The molecule has 0 saturated carbocycles. The molecule has 4 rings (SSSR count). The molecule has 1 aliphatic rings. The van der Waals surface area contributed by atoms with Crippen LogP contribution in [0.2, 0.25) is 0 Å². The van der Waals surface area contributed by atoms with Gasteiger partial charge in [0, 0.05) is 18.8 Å². The molecular formula is C19H19N3O2S2. The number of hydrogen-bond donors (Lipinski definition) is 0. The summed E-state index contributed by atoms with van der Waals surface area (Å²) in [4.78, 5) is 32.0. The van der Waals surface area contributed by atoms with Gasteiger partial charge in [-0.3, -0.25) is 14.2 Å². The van der Waals surface area contributed by atoms with Gasteiger partial charge in [-0.25, -0.2) is 4.98 Å². The van der Waals surface area contributed by atoms with E-state index in [4.69, 9.17) is 0 Å². The number of thiophene rings is 1. The third kappa shape index (κ3) is 2.75. The molecular weight excluding hydrogens is 366 g/mol. The molecule has 0 spiro atoms. The van der Waals surface area contributed by atoms with E-state index in [1.807, 2.05) is 41.5 Å². The molecule has 2 atom stereocenters. The van der Waals surface area contributed by atoms with Gasteiger partial charge in [0.15, 0.2) is 5.16 Å². The highest BCUT2D eigenvalue weighted by molar-refractivity contribution is 8.00. The minimum Gasteiger partial charge on any atom is -0.308 e. The van der Waals surface area contributed by atoms with E-state index in [0.29, 0.717) is 15.4 Å². The topological polar surface area (TPSA) is 55.2 Å². The van der Waals surface area contributed by atoms with Crippen LogP contribution in [-0.2, 0) is 18.3 Å². The van der Waals surface area contributed by atoms with Gasteiger partial charge in [-0.1, -0.05) is 30.0 Å². The number of hydrogen-bond acceptors (Lipinski definition) is 5. The van der Waals surface area contributed by atoms with Crippen LogP contribution < -0.4 is 10.5 Å². The quantitative estimate of drug-likeness (QED) is 0.512. The Morgan fingerprint density at radius 2 is 2.12 bits per heavy atom. The average molecular weight is 386 g/mol. The van der Waals surface area contributed by atoms with Gasteiger partial charge in [0.2, 0.25) is 5.91 Å². The number of thioether (sulfide) groups is 1. The Balaban J connectivity index is 1.63. The Morgan fingerprint density at radius 3 is 2.92 bits per heavy atom. The number of amides is 1. The van der Waals surface area contributed by atoms with E-state index >= 15 is 0 Å². The van der Waals surface area contributed by atoms with Crippen molar-refractivity contribution >= 4 is 44.9 Å². The Hall–Kier alpha value is -2.12. The van der Waals surface area contributed by atoms with Crippen molar-refractivity contribution < 1.29 is 4.79 Å². The second-order valence-electron chi connectivity index (χ2n) is 6.54. The molecule has 3 heterocycles. The highest BCUT2D eigenvalue weighted by Gasteiger charge is 2.33. The molecule has 0 saturated heterocycles. The average Bonchev–Trinajstić information content (AvgIpc) is 3.22. The Morgan fingerprint density at radius 1 is 1.35 bits per heavy atom. The first-order valence-corrected chi connectivity index (χ1v) is 10.2. The Labute approximate surface area is 159 Å². The summed E-state index contributed by atoms with van der Waals surface area (Å²) in [6.45, 7) is 3.95. The lowest BCUT2D eigenvalue weighted by Gasteiger charge is -2.26. The molecule has 0 fully saturated rings. The van der Waals surface area contributed by atoms with Gasteiger partial charge in [-0.2, -0.15) is 0 Å². The lowest BCUT2D eigenvalue weighted by molar-refractivity contribution is -0.118. The SMILES string of the molecule is CC(Sc1nc2ccsc2c(=O)n1C)C(=O)N1c2ccccc2CC1C. The zero-order valence-electron chi connectivity index (χ0n) is 14.8. The van der Waals surface area contributed by atoms with Crippen LogP contribution in [0.3, 0.4) is 0 Å². The summed E-state index contributed by atoms with van der Waals surface area (Å²) in [5.41, 5.74) is 2.83. The first kappa shape index (κ1) is 17.3. The summed E-state index contributed by atoms with van der Waals surface area (Å²) >= 11 is 2.73. The molecule has 134 valence electrons. The fraction of sp³-hybridized carbons (Fsp3) is 0.316. The minimum atomic E-state index is -0.335. The van der Waals surface area contributed by atoms with E-state index in [9.17, 15) is 9.59 Å². The van der Waals surface area contributed by atoms with Crippen LogP contribution in [0.25, 0.3) is 10.2 Å². The van der Waals surface area contributed by atoms with Gasteiger partial charge < -0.3 is 4.90 Å². The Bertz CT molecular complexity index is 1060. The van der Waals surface area contributed by atoms with Gasteiger partial charge >= 0.3 is 0 Å². The lowest BCUT2D eigenvalue weighted by atomic mass is 10.1. The molecule has 0 aliphatic carbocycles. The predicted molar refractivity (Wildman–Crippen MR) is 107 cm³/mol. The second kappa shape index (κ2) is 6.55. The first-order valence-electron chi connectivity index (χ1n) is 8.49. The van der Waals surface area contributed by atoms with E-state index in [0.717, 1.165) is 12.1 Å². The van der Waals surface area contributed by atoms with Crippen LogP contribution in [0.1, 0.15) is 19.4 Å². The molecule has 5 nitrogen and oxygen atoms in total. The molecule has 0 radical (unpaired) electrons. The number of carbonyl (C=O) groups is 1. The summed E-state index contributed by atoms with van der Waals surface area (Å²) in [6.07, 6.45) is 0.872. The fourth-order valence-electron chi connectivity index (χ4n) is 3.38. The normalized spacial score (nSPS) is 17.5. The standard InChI is InChI=1S/C19H19N3O2S2/c1-11-10-13-6-4-5-7-15(13)22(11)17(23)12(2)26-19-20-14-8-9-25-16(14)18(24)21(19)3/h4-9,11-12H,10H2,1-3H3. The number of anilines is 1. The predicted octanol–water partition coefficient (Wildman–Crippen LogP) is 3.45. The van der Waals surface area contributed by atoms with Crippen molar-refractivity contribution in [3.05, 3.63) is 51.6 Å². The van der Waals surface area contributed by atoms with Crippen LogP contribution in [0.15, 0.2) is 45.7 Å². The molecule has 3 aromatic rings. The monoisotopic (exact) mass is 385 g/mol. The third-order valence-corrected chi connectivity index (χ3v) is 6.74. The van der Waals surface area contributed by atoms with E-state index < -0.39 is 0 Å². The number of benzene rings is 1. The zero-order chi connectivity index (χ0) is 18.4. The summed E-state index contributed by atoms with van der Waals surface area (Å²) in [5.74, 6) is 0.0483. The molecule has 2 aromatic heterocycles. The fourth-order valence-corrected chi connectivity index (χ4v) is 5.11. The largest absolute Gasteiger partial charge is 0.308 e. The van der Waals surface area contributed by atoms with Gasteiger partial charge in [-0.15, -0.1) is 11.3 Å². The number of nitrogens with zero attached hydrogens (tertiary/aromatic N) is 3. The second-order valence-corrected chi connectivity index (χ2v) is 8.77. The van der Waals surface area contributed by atoms with Crippen molar-refractivity contribution in [1.29, 1.82) is 0 Å². The summed E-state index contributed by atoms with van der Waals surface area (Å²) in [5, 5.41) is 2.10. The summed E-state index contributed by atoms with van der Waals surface area (Å²) < 4.78 is 2.19. The van der Waals surface area contributed by atoms with Crippen molar-refractivity contribution in [3.8, 4) is 0 Å². The highest BCUT2D eigenvalue weighted by atomic mass is 32.2. The molecule has 1 aromatic carbocycles. The maximum atomic E-state index is 13.1. The smallest absolute Gasteiger partial charge is 0.271 e. The van der Waals surface area contributed by atoms with E-state index in [-0.39, 0.29) is 22.8 Å². The highest BCUT2D eigenvalue weighted by Crippen LogP contribution is 2.34. The van der Waals surface area contributed by atoms with Gasteiger partial charge in [0.25, 0.3) is 5.56 Å². The van der Waals surface area contributed by atoms with Crippen LogP contribution in [0.5, 0.6) is 0 Å². The summed E-state index contributed by atoms with van der Waals surface area (Å²) in [6, 6.07) is 10.0. The van der Waals surface area contributed by atoms with Crippen molar-refractivity contribution in [2.45, 2.75) is 36.7 Å². The van der Waals surface area contributed by atoms with E-state index in [1.54, 1.807) is 7.05 Å². The third-order valence-electron chi connectivity index (χ3n) is 4.72. The van der Waals surface area contributed by atoms with Gasteiger partial charge in [0.05, 0.1) is 10.8 Å². The van der Waals surface area contributed by atoms with Crippen LogP contribution in [0.4, 0.5) is 5.69 Å². The minimum absolute atomic E-state index is 0.0483. The Kier molecular flexibility index (Phi) is 4.36. The summed E-state index contributed by atoms with van der Waals surface area (Å²) in [7, 11) is 1.71. The molecule has 7 heteroatoms. The molecule has 1 aliphatic heterocycles. The number of aromatic nitrogens is 2. The van der Waals surface area contributed by atoms with Crippen molar-refractivity contribution in [2.24, 2.45) is 7.05 Å². The maximum Gasteiger partial charge on any atom is 0.271 e. The van der Waals surface area contributed by atoms with E-state index in [2.05, 4.69) is 18.0 Å². The molecule has 1 amide bonds. The van der Waals surface area contributed by atoms with Gasteiger partial charge in [-0.05, 0) is 43.3 Å². The van der Waals surface area contributed by atoms with E-state index in [1.165, 1.54) is 33.2 Å². The molecule has 26 heavy (non-hydrogen) atoms. The van der Waals surface area contributed by atoms with Crippen LogP contribution >= 0.6 is 23.1 Å².